The van der Waals surface area contributed by atoms with E-state index in [1.54, 1.807) is 36.1 Å². The van der Waals surface area contributed by atoms with Crippen LogP contribution in [0.5, 0.6) is 0 Å². The second-order valence-electron chi connectivity index (χ2n) is 8.55. The van der Waals surface area contributed by atoms with Crippen molar-refractivity contribution in [3.63, 3.8) is 0 Å². The number of benzene rings is 1. The molecule has 0 spiro atoms. The number of carbonyl (C=O) groups is 1. The van der Waals surface area contributed by atoms with Crippen LogP contribution in [0.4, 0.5) is 17.5 Å². The van der Waals surface area contributed by atoms with Gasteiger partial charge in [-0.15, -0.1) is 0 Å². The lowest BCUT2D eigenvalue weighted by Crippen LogP contribution is -2.28. The molecule has 4 rings (SSSR count). The average molecular weight is 447 g/mol. The summed E-state index contributed by atoms with van der Waals surface area (Å²) in [5.74, 6) is 0.524. The molecule has 10 heteroatoms. The van der Waals surface area contributed by atoms with Gasteiger partial charge in [-0.1, -0.05) is 6.92 Å². The summed E-state index contributed by atoms with van der Waals surface area (Å²) in [6.07, 6.45) is 1.62. The number of aromatic nitrogens is 4. The lowest BCUT2D eigenvalue weighted by atomic mass is 9.83. The SMILES string of the molecule is CNC(=O)c1cc(Nc2nccc(-c3cc(C#N)c4c(c3)[C@@](C)(CO)CN4)n2)nn1C(C)C. The largest absolute Gasteiger partial charge is 0.395 e. The van der Waals surface area contributed by atoms with Crippen LogP contribution in [0, 0.1) is 11.3 Å². The van der Waals surface area contributed by atoms with Crippen molar-refractivity contribution in [2.45, 2.75) is 32.2 Å². The molecule has 3 heterocycles. The van der Waals surface area contributed by atoms with E-state index in [9.17, 15) is 15.2 Å². The highest BCUT2D eigenvalue weighted by molar-refractivity contribution is 5.93. The Kier molecular flexibility index (Phi) is 5.74. The summed E-state index contributed by atoms with van der Waals surface area (Å²) in [7, 11) is 1.57. The zero-order valence-corrected chi connectivity index (χ0v) is 19.0. The van der Waals surface area contributed by atoms with Crippen LogP contribution >= 0.6 is 0 Å². The summed E-state index contributed by atoms with van der Waals surface area (Å²) in [5, 5.41) is 33.0. The summed E-state index contributed by atoms with van der Waals surface area (Å²) < 4.78 is 1.63. The zero-order valence-electron chi connectivity index (χ0n) is 19.0. The molecule has 1 aliphatic heterocycles. The van der Waals surface area contributed by atoms with Crippen molar-refractivity contribution in [1.82, 2.24) is 25.1 Å². The van der Waals surface area contributed by atoms with Gasteiger partial charge in [0.25, 0.3) is 5.91 Å². The van der Waals surface area contributed by atoms with Gasteiger partial charge in [0.2, 0.25) is 5.95 Å². The lowest BCUT2D eigenvalue weighted by molar-refractivity contribution is 0.0950. The average Bonchev–Trinajstić information content (AvgIpc) is 3.40. The number of anilines is 3. The van der Waals surface area contributed by atoms with E-state index in [4.69, 9.17) is 0 Å². The number of nitrogens with zero attached hydrogens (tertiary/aromatic N) is 5. The predicted molar refractivity (Wildman–Crippen MR) is 124 cm³/mol. The Morgan fingerprint density at radius 2 is 2.18 bits per heavy atom. The molecule has 0 radical (unpaired) electrons. The molecule has 2 aromatic heterocycles. The number of aliphatic hydroxyl groups excluding tert-OH is 1. The number of amides is 1. The molecule has 4 N–H and O–H groups in total. The van der Waals surface area contributed by atoms with Crippen molar-refractivity contribution in [3.8, 4) is 17.3 Å². The fraction of sp³-hybridized carbons (Fsp3) is 0.348. The molecular formula is C23H26N8O2. The van der Waals surface area contributed by atoms with Gasteiger partial charge < -0.3 is 21.1 Å². The third kappa shape index (κ3) is 3.99. The van der Waals surface area contributed by atoms with Gasteiger partial charge in [0.05, 0.1) is 23.6 Å². The van der Waals surface area contributed by atoms with Gasteiger partial charge in [-0.25, -0.2) is 9.97 Å². The van der Waals surface area contributed by atoms with Gasteiger partial charge in [0.1, 0.15) is 11.8 Å². The quantitative estimate of drug-likeness (QED) is 0.453. The molecule has 0 fully saturated rings. The Morgan fingerprint density at radius 1 is 1.39 bits per heavy atom. The minimum Gasteiger partial charge on any atom is -0.395 e. The molecule has 0 aliphatic carbocycles. The normalized spacial score (nSPS) is 16.8. The van der Waals surface area contributed by atoms with Crippen LogP contribution in [0.15, 0.2) is 30.5 Å². The minimum atomic E-state index is -0.481. The van der Waals surface area contributed by atoms with Crippen LogP contribution in [0.25, 0.3) is 11.3 Å². The van der Waals surface area contributed by atoms with Crippen molar-refractivity contribution < 1.29 is 9.90 Å². The van der Waals surface area contributed by atoms with Crippen molar-refractivity contribution in [1.29, 1.82) is 5.26 Å². The lowest BCUT2D eigenvalue weighted by Gasteiger charge is -2.21. The van der Waals surface area contributed by atoms with Crippen LogP contribution in [-0.2, 0) is 5.41 Å². The second-order valence-corrected chi connectivity index (χ2v) is 8.55. The van der Waals surface area contributed by atoms with Crippen molar-refractivity contribution >= 4 is 23.4 Å². The summed E-state index contributed by atoms with van der Waals surface area (Å²) >= 11 is 0. The highest BCUT2D eigenvalue weighted by Crippen LogP contribution is 2.41. The molecule has 0 saturated carbocycles. The van der Waals surface area contributed by atoms with Crippen LogP contribution in [-0.4, -0.2) is 51.0 Å². The molecule has 0 bridgehead atoms. The minimum absolute atomic E-state index is 0.00892. The number of hydrogen-bond donors (Lipinski definition) is 4. The first-order valence-corrected chi connectivity index (χ1v) is 10.6. The number of rotatable bonds is 6. The van der Waals surface area contributed by atoms with E-state index >= 15 is 0 Å². The van der Waals surface area contributed by atoms with E-state index in [-0.39, 0.29) is 18.6 Å². The Balaban J connectivity index is 1.70. The van der Waals surface area contributed by atoms with E-state index in [0.717, 1.165) is 16.8 Å². The molecule has 33 heavy (non-hydrogen) atoms. The second kappa shape index (κ2) is 8.52. The van der Waals surface area contributed by atoms with Crippen molar-refractivity contribution in [2.24, 2.45) is 0 Å². The molecule has 10 nitrogen and oxygen atoms in total. The number of nitrogens with one attached hydrogen (secondary N) is 3. The molecule has 0 unspecified atom stereocenters. The standard InChI is InChI=1S/C23H26N8O2/c1-13(2)31-18(21(33)25-4)9-19(30-31)29-22-26-6-5-17(28-22)14-7-15(10-24)20-16(8-14)23(3,12-32)11-27-20/h5-9,13,27,32H,11-12H2,1-4H3,(H,25,33)(H,26,28,29,30)/t23-/m1/s1. The molecule has 170 valence electrons. The molecular weight excluding hydrogens is 420 g/mol. The molecule has 1 atom stereocenters. The fourth-order valence-electron chi connectivity index (χ4n) is 3.91. The zero-order chi connectivity index (χ0) is 23.8. The van der Waals surface area contributed by atoms with Crippen molar-refractivity contribution in [2.75, 3.05) is 30.8 Å². The Hall–Kier alpha value is -3.97. The van der Waals surface area contributed by atoms with Crippen LogP contribution < -0.4 is 16.0 Å². The van der Waals surface area contributed by atoms with Gasteiger partial charge in [-0.05, 0) is 37.6 Å². The van der Waals surface area contributed by atoms with E-state index in [2.05, 4.69) is 37.1 Å². The number of aliphatic hydroxyl groups is 1. The molecule has 3 aromatic rings. The van der Waals surface area contributed by atoms with E-state index < -0.39 is 5.41 Å². The van der Waals surface area contributed by atoms with Gasteiger partial charge in [0, 0.05) is 42.9 Å². The highest BCUT2D eigenvalue weighted by atomic mass is 16.3. The van der Waals surface area contributed by atoms with Crippen LogP contribution in [0.3, 0.4) is 0 Å². The maximum atomic E-state index is 12.2. The summed E-state index contributed by atoms with van der Waals surface area (Å²) in [5.41, 5.74) is 3.46. The molecule has 1 aromatic carbocycles. The Bertz CT molecular complexity index is 1260. The molecule has 1 aliphatic rings. The number of nitriles is 1. The summed E-state index contributed by atoms with van der Waals surface area (Å²) in [4.78, 5) is 21.1. The Labute approximate surface area is 191 Å². The topological polar surface area (TPSA) is 141 Å². The maximum Gasteiger partial charge on any atom is 0.269 e. The first-order valence-electron chi connectivity index (χ1n) is 10.6. The van der Waals surface area contributed by atoms with E-state index in [0.29, 0.717) is 35.3 Å². The van der Waals surface area contributed by atoms with Crippen LogP contribution in [0.2, 0.25) is 0 Å². The maximum absolute atomic E-state index is 12.2. The number of carbonyl (C=O) groups excluding carboxylic acids is 1. The summed E-state index contributed by atoms with van der Waals surface area (Å²) in [6, 6.07) is 9.37. The van der Waals surface area contributed by atoms with Crippen LogP contribution in [0.1, 0.15) is 48.4 Å². The van der Waals surface area contributed by atoms with Gasteiger partial charge in [-0.3, -0.25) is 9.48 Å². The van der Waals surface area contributed by atoms with E-state index in [1.807, 2.05) is 26.8 Å². The number of hydrogen-bond acceptors (Lipinski definition) is 8. The van der Waals surface area contributed by atoms with Gasteiger partial charge >= 0.3 is 0 Å². The first kappa shape index (κ1) is 22.2. The van der Waals surface area contributed by atoms with Gasteiger partial charge in [-0.2, -0.15) is 10.4 Å². The van der Waals surface area contributed by atoms with Gasteiger partial charge in [0.15, 0.2) is 5.82 Å². The third-order valence-corrected chi connectivity index (χ3v) is 5.79. The predicted octanol–water partition coefficient (Wildman–Crippen LogP) is 2.57. The van der Waals surface area contributed by atoms with E-state index in [1.165, 1.54) is 0 Å². The number of fused-ring (bicyclic) bond motifs is 1. The smallest absolute Gasteiger partial charge is 0.269 e. The fourth-order valence-corrected chi connectivity index (χ4v) is 3.91. The summed E-state index contributed by atoms with van der Waals surface area (Å²) in [6.45, 7) is 6.36. The Morgan fingerprint density at radius 3 is 2.85 bits per heavy atom. The van der Waals surface area contributed by atoms with Crippen molar-refractivity contribution in [3.05, 3.63) is 47.3 Å². The molecule has 1 amide bonds. The first-order chi connectivity index (χ1) is 15.8. The molecule has 0 saturated heterocycles. The highest BCUT2D eigenvalue weighted by Gasteiger charge is 2.36. The third-order valence-electron chi connectivity index (χ3n) is 5.79. The monoisotopic (exact) mass is 446 g/mol.